The predicted octanol–water partition coefficient (Wildman–Crippen LogP) is -0.665. The van der Waals surface area contributed by atoms with Gasteiger partial charge in [0.1, 0.15) is 8.37 Å². The van der Waals surface area contributed by atoms with E-state index in [1.807, 2.05) is 0 Å². The van der Waals surface area contributed by atoms with Crippen LogP contribution in [0.2, 0.25) is 0 Å². The van der Waals surface area contributed by atoms with Crippen LogP contribution in [0, 0.1) is 0 Å². The number of hydrogen-bond acceptors (Lipinski definition) is 3. The van der Waals surface area contributed by atoms with Gasteiger partial charge in [0.2, 0.25) is 0 Å². The van der Waals surface area contributed by atoms with Crippen molar-refractivity contribution in [2.45, 2.75) is 0 Å². The van der Waals surface area contributed by atoms with Crippen LogP contribution < -0.4 is 0 Å². The summed E-state index contributed by atoms with van der Waals surface area (Å²) in [6.07, 6.45) is 0. The molecular weight excluding hydrogens is 161 g/mol. The van der Waals surface area contributed by atoms with Gasteiger partial charge >= 0.3 is 0 Å². The van der Waals surface area contributed by atoms with Gasteiger partial charge in [-0.1, -0.05) is 0 Å². The molecule has 3 fully saturated rings. The maximum Gasteiger partial charge on any atom is 0.120 e. The Bertz CT molecular complexity index is 127. The average molecular weight is 175 g/mol. The molecule has 0 radical (unpaired) electrons. The summed E-state index contributed by atoms with van der Waals surface area (Å²) in [7, 11) is 0.0957. The summed E-state index contributed by atoms with van der Waals surface area (Å²) in [6, 6.07) is 0. The third kappa shape index (κ3) is 1.55. The molecule has 64 valence electrons. The maximum atomic E-state index is 2.61. The van der Waals surface area contributed by atoms with Gasteiger partial charge in [-0.25, -0.2) is 0 Å². The summed E-state index contributed by atoms with van der Waals surface area (Å²) < 4.78 is 7.82. The second-order valence-electron chi connectivity index (χ2n) is 3.13. The topological polar surface area (TPSA) is 40.5 Å². The SMILES string of the molecule is C1CN1P(N1CC1)N1CC1.O. The van der Waals surface area contributed by atoms with Crippen LogP contribution in [0.15, 0.2) is 0 Å². The highest BCUT2D eigenvalue weighted by Gasteiger charge is 2.45. The van der Waals surface area contributed by atoms with Gasteiger partial charge in [0.25, 0.3) is 0 Å². The second kappa shape index (κ2) is 2.64. The minimum Gasteiger partial charge on any atom is -0.412 e. The molecule has 5 heteroatoms. The Kier molecular flexibility index (Phi) is 1.90. The third-order valence-electron chi connectivity index (χ3n) is 2.03. The molecular formula is C6H14N3OP. The van der Waals surface area contributed by atoms with Gasteiger partial charge in [0.05, 0.1) is 0 Å². The van der Waals surface area contributed by atoms with E-state index in [2.05, 4.69) is 14.0 Å². The van der Waals surface area contributed by atoms with Crippen molar-refractivity contribution >= 4 is 8.37 Å². The highest BCUT2D eigenvalue weighted by Crippen LogP contribution is 2.57. The van der Waals surface area contributed by atoms with Crippen LogP contribution in [0.1, 0.15) is 0 Å². The molecule has 0 spiro atoms. The van der Waals surface area contributed by atoms with Crippen molar-refractivity contribution in [2.24, 2.45) is 0 Å². The first-order valence-corrected chi connectivity index (χ1v) is 5.20. The number of rotatable bonds is 3. The monoisotopic (exact) mass is 175 g/mol. The van der Waals surface area contributed by atoms with Gasteiger partial charge in [-0.15, -0.1) is 0 Å². The molecule has 0 amide bonds. The fourth-order valence-corrected chi connectivity index (χ4v) is 3.62. The van der Waals surface area contributed by atoms with Crippen LogP contribution in [-0.4, -0.2) is 58.8 Å². The van der Waals surface area contributed by atoms with Gasteiger partial charge in [0.15, 0.2) is 0 Å². The fourth-order valence-electron chi connectivity index (χ4n) is 1.21. The standard InChI is InChI=1S/C6H12N3P.H2O/c1-2-7(1)10(8-3-4-8)9-5-6-9;/h1-6H2;1H2. The molecule has 11 heavy (non-hydrogen) atoms. The Morgan fingerprint density at radius 1 is 0.636 bits per heavy atom. The molecule has 3 aliphatic heterocycles. The van der Waals surface area contributed by atoms with Crippen LogP contribution in [0.3, 0.4) is 0 Å². The zero-order chi connectivity index (χ0) is 6.55. The molecule has 0 bridgehead atoms. The largest absolute Gasteiger partial charge is 0.412 e. The second-order valence-corrected chi connectivity index (χ2v) is 5.36. The molecule has 4 nitrogen and oxygen atoms in total. The Labute approximate surface area is 68.0 Å². The van der Waals surface area contributed by atoms with Gasteiger partial charge in [0, 0.05) is 39.3 Å². The van der Waals surface area contributed by atoms with Crippen molar-refractivity contribution in [1.82, 2.24) is 14.0 Å². The van der Waals surface area contributed by atoms with Crippen molar-refractivity contribution in [2.75, 3.05) is 39.3 Å². The number of hydrogen-bond donors (Lipinski definition) is 0. The Morgan fingerprint density at radius 3 is 1.09 bits per heavy atom. The minimum atomic E-state index is 0. The lowest BCUT2D eigenvalue weighted by molar-refractivity contribution is 0.702. The number of nitrogens with zero attached hydrogens (tertiary/aromatic N) is 3. The molecule has 0 atom stereocenters. The summed E-state index contributed by atoms with van der Waals surface area (Å²) >= 11 is 0. The summed E-state index contributed by atoms with van der Waals surface area (Å²) in [5.41, 5.74) is 0. The Morgan fingerprint density at radius 2 is 0.909 bits per heavy atom. The maximum absolute atomic E-state index is 2.61. The van der Waals surface area contributed by atoms with E-state index in [0.717, 1.165) is 0 Å². The Balaban J connectivity index is 0.000000480. The lowest BCUT2D eigenvalue weighted by atomic mass is 11.0. The summed E-state index contributed by atoms with van der Waals surface area (Å²) in [5, 5.41) is 0. The van der Waals surface area contributed by atoms with E-state index < -0.39 is 0 Å². The van der Waals surface area contributed by atoms with E-state index in [1.54, 1.807) is 0 Å². The van der Waals surface area contributed by atoms with E-state index in [1.165, 1.54) is 39.3 Å². The predicted molar refractivity (Wildman–Crippen MR) is 45.3 cm³/mol. The molecule has 0 saturated carbocycles. The first kappa shape index (κ1) is 7.90. The molecule has 3 rings (SSSR count). The smallest absolute Gasteiger partial charge is 0.120 e. The van der Waals surface area contributed by atoms with Crippen molar-refractivity contribution in [3.63, 3.8) is 0 Å². The third-order valence-corrected chi connectivity index (χ3v) is 4.75. The van der Waals surface area contributed by atoms with Gasteiger partial charge in [-0.3, -0.25) is 14.0 Å². The van der Waals surface area contributed by atoms with Crippen LogP contribution in [0.25, 0.3) is 0 Å². The van der Waals surface area contributed by atoms with Gasteiger partial charge in [-0.05, 0) is 0 Å². The zero-order valence-corrected chi connectivity index (χ0v) is 7.43. The minimum absolute atomic E-state index is 0. The first-order chi connectivity index (χ1) is 4.95. The first-order valence-electron chi connectivity index (χ1n) is 4.00. The molecule has 0 unspecified atom stereocenters. The van der Waals surface area contributed by atoms with Crippen LogP contribution in [0.4, 0.5) is 0 Å². The molecule has 3 aliphatic rings. The van der Waals surface area contributed by atoms with Crippen LogP contribution in [0.5, 0.6) is 0 Å². The highest BCUT2D eigenvalue weighted by atomic mass is 31.2. The molecule has 0 aliphatic carbocycles. The van der Waals surface area contributed by atoms with E-state index in [0.29, 0.717) is 0 Å². The summed E-state index contributed by atoms with van der Waals surface area (Å²) in [6.45, 7) is 8.16. The summed E-state index contributed by atoms with van der Waals surface area (Å²) in [5.74, 6) is 0. The normalized spacial score (nSPS) is 30.3. The van der Waals surface area contributed by atoms with Gasteiger partial charge in [-0.2, -0.15) is 0 Å². The van der Waals surface area contributed by atoms with Gasteiger partial charge < -0.3 is 5.48 Å². The zero-order valence-electron chi connectivity index (χ0n) is 6.53. The Hall–Kier alpha value is 0.270. The molecule has 0 aromatic heterocycles. The van der Waals surface area contributed by atoms with Crippen molar-refractivity contribution in [1.29, 1.82) is 0 Å². The van der Waals surface area contributed by atoms with Crippen molar-refractivity contribution in [3.05, 3.63) is 0 Å². The average Bonchev–Trinajstić information content (AvgIpc) is 2.78. The lowest BCUT2D eigenvalue weighted by Gasteiger charge is -2.18. The molecule has 0 aromatic carbocycles. The molecule has 2 N–H and O–H groups in total. The lowest BCUT2D eigenvalue weighted by Crippen LogP contribution is -2.05. The van der Waals surface area contributed by atoms with Crippen LogP contribution in [-0.2, 0) is 0 Å². The quantitative estimate of drug-likeness (QED) is 0.422. The van der Waals surface area contributed by atoms with Crippen LogP contribution >= 0.6 is 8.37 Å². The van der Waals surface area contributed by atoms with E-state index in [-0.39, 0.29) is 13.8 Å². The molecule has 3 heterocycles. The van der Waals surface area contributed by atoms with Crippen molar-refractivity contribution < 1.29 is 5.48 Å². The molecule has 0 aromatic rings. The van der Waals surface area contributed by atoms with E-state index in [9.17, 15) is 0 Å². The molecule has 3 saturated heterocycles. The van der Waals surface area contributed by atoms with Crippen molar-refractivity contribution in [3.8, 4) is 0 Å². The highest BCUT2D eigenvalue weighted by molar-refractivity contribution is 7.51. The van der Waals surface area contributed by atoms with E-state index in [4.69, 9.17) is 0 Å². The fraction of sp³-hybridized carbons (Fsp3) is 1.00. The van der Waals surface area contributed by atoms with E-state index >= 15 is 0 Å². The summed E-state index contributed by atoms with van der Waals surface area (Å²) in [4.78, 5) is 0.